The maximum absolute atomic E-state index is 10.8. The van der Waals surface area contributed by atoms with Gasteiger partial charge < -0.3 is 25.0 Å². The molecule has 0 bridgehead atoms. The largest absolute Gasteiger partial charge is 0.387 e. The Morgan fingerprint density at radius 2 is 1.52 bits per heavy atom. The summed E-state index contributed by atoms with van der Waals surface area (Å²) in [5.41, 5.74) is 6.36. The zero-order valence-corrected chi connectivity index (χ0v) is 26.6. The Morgan fingerprint density at radius 1 is 0.881 bits per heavy atom. The molecule has 2 atom stereocenters. The summed E-state index contributed by atoms with van der Waals surface area (Å²) in [5.74, 6) is 0.315. The van der Waals surface area contributed by atoms with Crippen LogP contribution in [0.2, 0.25) is 0 Å². The summed E-state index contributed by atoms with van der Waals surface area (Å²) in [6, 6.07) is 16.9. The minimum atomic E-state index is -0.661. The van der Waals surface area contributed by atoms with Crippen LogP contribution in [0.5, 0.6) is 0 Å². The van der Waals surface area contributed by atoms with Crippen molar-refractivity contribution < 1.29 is 19.7 Å². The number of anilines is 1. The molecule has 2 aromatic carbocycles. The van der Waals surface area contributed by atoms with Crippen molar-refractivity contribution in [3.63, 3.8) is 0 Å². The molecular formula is C37H55NO4. The molecule has 2 aromatic rings. The van der Waals surface area contributed by atoms with Crippen LogP contribution in [0.3, 0.4) is 0 Å². The Hall–Kier alpha value is -2.18. The van der Waals surface area contributed by atoms with Gasteiger partial charge in [-0.2, -0.15) is 0 Å². The van der Waals surface area contributed by atoms with Crippen LogP contribution in [0.25, 0.3) is 0 Å². The molecule has 0 aromatic heterocycles. The minimum Gasteiger partial charge on any atom is -0.387 e. The first kappa shape index (κ1) is 32.7. The number of benzene rings is 2. The van der Waals surface area contributed by atoms with Gasteiger partial charge in [0.25, 0.3) is 0 Å². The van der Waals surface area contributed by atoms with Gasteiger partial charge in [-0.15, -0.1) is 0 Å². The van der Waals surface area contributed by atoms with Gasteiger partial charge in [0.05, 0.1) is 37.1 Å². The van der Waals surface area contributed by atoms with Crippen LogP contribution in [0, 0.1) is 12.8 Å². The highest BCUT2D eigenvalue weighted by Crippen LogP contribution is 2.34. The molecule has 0 saturated heterocycles. The number of nitrogens with one attached hydrogen (secondary N) is 1. The Labute approximate surface area is 254 Å². The summed E-state index contributed by atoms with van der Waals surface area (Å²) >= 11 is 0. The van der Waals surface area contributed by atoms with Crippen LogP contribution >= 0.6 is 0 Å². The molecule has 0 spiro atoms. The monoisotopic (exact) mass is 577 g/mol. The second-order valence-electron chi connectivity index (χ2n) is 13.2. The van der Waals surface area contributed by atoms with Crippen molar-refractivity contribution in [2.45, 2.75) is 122 Å². The predicted molar refractivity (Wildman–Crippen MR) is 173 cm³/mol. The van der Waals surface area contributed by atoms with Crippen molar-refractivity contribution >= 4 is 5.69 Å². The van der Waals surface area contributed by atoms with E-state index in [1.165, 1.54) is 35.1 Å². The number of hydrogen-bond donors (Lipinski definition) is 3. The lowest BCUT2D eigenvalue weighted by Gasteiger charge is -2.38. The highest BCUT2D eigenvalue weighted by molar-refractivity contribution is 5.54. The molecule has 3 N–H and O–H groups in total. The molecule has 3 aliphatic carbocycles. The summed E-state index contributed by atoms with van der Waals surface area (Å²) in [6.45, 7) is 10.0. The van der Waals surface area contributed by atoms with Crippen LogP contribution in [-0.2, 0) is 22.3 Å². The molecule has 5 rings (SSSR count). The van der Waals surface area contributed by atoms with E-state index in [-0.39, 0.29) is 6.10 Å². The second kappa shape index (κ2) is 15.5. The maximum Gasteiger partial charge on any atom is 0.0905 e. The van der Waals surface area contributed by atoms with Crippen LogP contribution in [0.15, 0.2) is 59.8 Å². The Morgan fingerprint density at radius 3 is 2.17 bits per heavy atom. The quantitative estimate of drug-likeness (QED) is 0.268. The topological polar surface area (TPSA) is 71.0 Å². The lowest BCUT2D eigenvalue weighted by molar-refractivity contribution is -0.0965. The number of aliphatic hydroxyl groups is 2. The zero-order chi connectivity index (χ0) is 30.0. The first-order valence-electron chi connectivity index (χ1n) is 16.4. The predicted octanol–water partition coefficient (Wildman–Crippen LogP) is 7.91. The second-order valence-corrected chi connectivity index (χ2v) is 13.2. The molecule has 0 heterocycles. The fourth-order valence-corrected chi connectivity index (χ4v) is 6.56. The molecular weight excluding hydrogens is 522 g/mol. The number of aryl methyl sites for hydroxylation is 1. The summed E-state index contributed by atoms with van der Waals surface area (Å²) in [5, 5.41) is 24.8. The van der Waals surface area contributed by atoms with E-state index in [0.29, 0.717) is 25.7 Å². The number of para-hydroxylation sites is 1. The maximum atomic E-state index is 10.8. The van der Waals surface area contributed by atoms with E-state index in [1.807, 2.05) is 12.1 Å². The summed E-state index contributed by atoms with van der Waals surface area (Å²) in [4.78, 5) is 0. The Balaban J connectivity index is 0.000000200. The van der Waals surface area contributed by atoms with Gasteiger partial charge in [0, 0.05) is 11.4 Å². The van der Waals surface area contributed by atoms with Gasteiger partial charge in [0.15, 0.2) is 0 Å². The highest BCUT2D eigenvalue weighted by Gasteiger charge is 2.36. The number of fused-ring (bicyclic) bond motifs is 1. The van der Waals surface area contributed by atoms with E-state index in [1.54, 1.807) is 0 Å². The van der Waals surface area contributed by atoms with E-state index < -0.39 is 11.2 Å². The van der Waals surface area contributed by atoms with Crippen LogP contribution in [0.4, 0.5) is 5.69 Å². The Bertz CT molecular complexity index is 1130. The molecule has 0 amide bonds. The summed E-state index contributed by atoms with van der Waals surface area (Å²) < 4.78 is 12.0. The van der Waals surface area contributed by atoms with Crippen molar-refractivity contribution in [3.05, 3.63) is 76.5 Å². The number of ether oxygens (including phenoxy) is 2. The van der Waals surface area contributed by atoms with Crippen molar-refractivity contribution in [1.29, 1.82) is 0 Å². The molecule has 3 aliphatic rings. The molecule has 0 radical (unpaired) electrons. The first-order valence-corrected chi connectivity index (χ1v) is 16.4. The van der Waals surface area contributed by atoms with E-state index in [9.17, 15) is 10.2 Å². The zero-order valence-electron chi connectivity index (χ0n) is 26.6. The smallest absolute Gasteiger partial charge is 0.0905 e. The molecule has 0 aliphatic heterocycles. The van der Waals surface area contributed by atoms with Gasteiger partial charge in [-0.3, -0.25) is 0 Å². The summed E-state index contributed by atoms with van der Waals surface area (Å²) in [7, 11) is 0. The standard InChI is InChI=1S/C21H33NO2.C16H22O2/c1-5-16(2)20(22-19-12-7-6-10-17(19)3)14-24-15-21(23)13-9-8-11-18(21)4;17-16(8-4-1-5-9-16)12-18-15-10-13-6-2-3-7-14(13)11-15/h6-7,10,12,18,22-23H,5,8-9,11,13-15H2,1-4H3;2-3,6-7,15,17H,1,4-5,8-12H2/t18?,21-;/m0./s1. The van der Waals surface area contributed by atoms with E-state index in [2.05, 4.69) is 69.4 Å². The van der Waals surface area contributed by atoms with Crippen LogP contribution in [-0.4, -0.2) is 47.3 Å². The third-order valence-corrected chi connectivity index (χ3v) is 9.87. The van der Waals surface area contributed by atoms with Gasteiger partial charge in [0.2, 0.25) is 0 Å². The number of allylic oxidation sites excluding steroid dienone is 1. The lowest BCUT2D eigenvalue weighted by atomic mass is 9.77. The first-order chi connectivity index (χ1) is 20.2. The molecule has 5 nitrogen and oxygen atoms in total. The molecule has 1 unspecified atom stereocenters. The highest BCUT2D eigenvalue weighted by atomic mass is 16.5. The minimum absolute atomic E-state index is 0.272. The normalized spacial score (nSPS) is 24.3. The van der Waals surface area contributed by atoms with E-state index in [4.69, 9.17) is 9.47 Å². The average Bonchev–Trinajstić information content (AvgIpc) is 3.42. The molecule has 232 valence electrons. The Kier molecular flexibility index (Phi) is 12.1. The summed E-state index contributed by atoms with van der Waals surface area (Å²) in [6.07, 6.45) is 12.9. The van der Waals surface area contributed by atoms with Gasteiger partial charge >= 0.3 is 0 Å². The van der Waals surface area contributed by atoms with Gasteiger partial charge in [-0.25, -0.2) is 0 Å². The number of hydrogen-bond acceptors (Lipinski definition) is 5. The SMILES string of the molecule is CCC(C)=C(COC[C@@]1(O)CCCCC1C)Nc1ccccc1C.OC1(COC2Cc3ccccc3C2)CCCCC1. The van der Waals surface area contributed by atoms with E-state index >= 15 is 0 Å². The van der Waals surface area contributed by atoms with Crippen LogP contribution < -0.4 is 5.32 Å². The van der Waals surface area contributed by atoms with Crippen molar-refractivity contribution in [2.75, 3.05) is 25.1 Å². The number of rotatable bonds is 10. The van der Waals surface area contributed by atoms with Gasteiger partial charge in [-0.1, -0.05) is 94.0 Å². The van der Waals surface area contributed by atoms with Gasteiger partial charge in [0.1, 0.15) is 0 Å². The van der Waals surface area contributed by atoms with Crippen molar-refractivity contribution in [1.82, 2.24) is 0 Å². The molecule has 2 saturated carbocycles. The van der Waals surface area contributed by atoms with Gasteiger partial charge in [-0.05, 0) is 87.5 Å². The van der Waals surface area contributed by atoms with Crippen LogP contribution in [0.1, 0.15) is 102 Å². The lowest BCUT2D eigenvalue weighted by Crippen LogP contribution is -2.43. The third kappa shape index (κ3) is 9.16. The molecule has 2 fully saturated rings. The fourth-order valence-electron chi connectivity index (χ4n) is 6.56. The fraction of sp³-hybridized carbons (Fsp3) is 0.622. The van der Waals surface area contributed by atoms with Crippen molar-refractivity contribution in [3.8, 4) is 0 Å². The third-order valence-electron chi connectivity index (χ3n) is 9.87. The van der Waals surface area contributed by atoms with E-state index in [0.717, 1.165) is 75.6 Å². The van der Waals surface area contributed by atoms with Crippen molar-refractivity contribution in [2.24, 2.45) is 5.92 Å². The average molecular weight is 578 g/mol. The molecule has 42 heavy (non-hydrogen) atoms. The molecule has 5 heteroatoms.